The molecule has 11 heavy (non-hydrogen) atoms. The Morgan fingerprint density at radius 3 is 1.64 bits per heavy atom. The fourth-order valence-electron chi connectivity index (χ4n) is 0.145. The first kappa shape index (κ1) is 13.4. The first-order chi connectivity index (χ1) is 5.22. The van der Waals surface area contributed by atoms with E-state index in [2.05, 4.69) is 4.74 Å². The fourth-order valence-corrected chi connectivity index (χ4v) is 0.145. The van der Waals surface area contributed by atoms with Crippen LogP contribution in [0.1, 0.15) is 6.42 Å². The number of ether oxygens (including phenoxy) is 1. The number of rotatable bonds is 4. The van der Waals surface area contributed by atoms with Gasteiger partial charge >= 0.3 is 0 Å². The second-order valence-corrected chi connectivity index (χ2v) is 1.67. The molecular formula is C6H16O5. The Morgan fingerprint density at radius 1 is 1.18 bits per heavy atom. The van der Waals surface area contributed by atoms with Crippen LogP contribution in [-0.2, 0) is 4.74 Å². The molecule has 0 spiro atoms. The summed E-state index contributed by atoms with van der Waals surface area (Å²) in [7, 11) is 1.32. The van der Waals surface area contributed by atoms with Crippen LogP contribution in [0, 0.1) is 0 Å². The summed E-state index contributed by atoms with van der Waals surface area (Å²) in [5, 5.41) is 32.0. The molecule has 0 aliphatic heterocycles. The van der Waals surface area contributed by atoms with Crippen molar-refractivity contribution in [2.75, 3.05) is 26.9 Å². The maximum Gasteiger partial charge on any atom is 0.177 e. The molecule has 0 fully saturated rings. The van der Waals surface area contributed by atoms with E-state index in [1.807, 2.05) is 0 Å². The van der Waals surface area contributed by atoms with Crippen molar-refractivity contribution in [3.63, 3.8) is 0 Å². The lowest BCUT2D eigenvalue weighted by Gasteiger charge is -1.99. The van der Waals surface area contributed by atoms with Crippen LogP contribution in [0.5, 0.6) is 0 Å². The third-order valence-corrected chi connectivity index (χ3v) is 0.744. The van der Waals surface area contributed by atoms with E-state index in [0.29, 0.717) is 6.42 Å². The van der Waals surface area contributed by atoms with Gasteiger partial charge in [-0.25, -0.2) is 0 Å². The van der Waals surface area contributed by atoms with Crippen LogP contribution in [0.25, 0.3) is 0 Å². The molecule has 0 aliphatic carbocycles. The number of aliphatic hydroxyl groups is 4. The highest BCUT2D eigenvalue weighted by Crippen LogP contribution is 1.75. The van der Waals surface area contributed by atoms with E-state index >= 15 is 0 Å². The molecule has 0 radical (unpaired) electrons. The molecule has 0 saturated carbocycles. The van der Waals surface area contributed by atoms with Gasteiger partial charge in [0.1, 0.15) is 0 Å². The van der Waals surface area contributed by atoms with Crippen molar-refractivity contribution in [2.45, 2.75) is 12.7 Å². The lowest BCUT2D eigenvalue weighted by molar-refractivity contribution is -0.102. The second kappa shape index (κ2) is 12.5. The number of hydrogen-bond donors (Lipinski definition) is 4. The smallest absolute Gasteiger partial charge is 0.177 e. The highest BCUT2D eigenvalue weighted by atomic mass is 16.6. The highest BCUT2D eigenvalue weighted by molar-refractivity contribution is 4.25. The second-order valence-electron chi connectivity index (χ2n) is 1.67. The Bertz CT molecular complexity index is 52.9. The summed E-state index contributed by atoms with van der Waals surface area (Å²) < 4.78 is 4.20. The number of methoxy groups -OCH3 is 1. The first-order valence-corrected chi connectivity index (χ1v) is 3.26. The molecular weight excluding hydrogens is 152 g/mol. The molecule has 0 heterocycles. The van der Waals surface area contributed by atoms with Gasteiger partial charge in [-0.1, -0.05) is 0 Å². The molecule has 0 aromatic heterocycles. The van der Waals surface area contributed by atoms with Gasteiger partial charge in [-0.2, -0.15) is 0 Å². The molecule has 1 atom stereocenters. The molecule has 1 unspecified atom stereocenters. The van der Waals surface area contributed by atoms with Crippen molar-refractivity contribution in [2.24, 2.45) is 0 Å². The van der Waals surface area contributed by atoms with Gasteiger partial charge < -0.3 is 25.2 Å². The first-order valence-electron chi connectivity index (χ1n) is 3.26. The van der Waals surface area contributed by atoms with E-state index in [1.165, 1.54) is 7.11 Å². The minimum atomic E-state index is -1.01. The Balaban J connectivity index is 0. The Labute approximate surface area is 65.9 Å². The summed E-state index contributed by atoms with van der Waals surface area (Å²) in [6, 6.07) is 0. The summed E-state index contributed by atoms with van der Waals surface area (Å²) in [6.07, 6.45) is -0.509. The van der Waals surface area contributed by atoms with Crippen molar-refractivity contribution in [3.8, 4) is 0 Å². The SMILES string of the molecule is COC(O)CO.OCCCO. The maximum absolute atomic E-state index is 8.19. The van der Waals surface area contributed by atoms with Gasteiger partial charge in [0.25, 0.3) is 0 Å². The normalized spacial score (nSPS) is 11.7. The molecule has 0 amide bonds. The van der Waals surface area contributed by atoms with Crippen LogP contribution >= 0.6 is 0 Å². The summed E-state index contributed by atoms with van der Waals surface area (Å²) in [6.45, 7) is -0.149. The van der Waals surface area contributed by atoms with Crippen LogP contribution in [-0.4, -0.2) is 53.6 Å². The quantitative estimate of drug-likeness (QED) is 0.376. The van der Waals surface area contributed by atoms with Crippen LogP contribution in [0.3, 0.4) is 0 Å². The molecule has 0 bridgehead atoms. The molecule has 5 heteroatoms. The van der Waals surface area contributed by atoms with Gasteiger partial charge in [-0.05, 0) is 6.42 Å². The molecule has 70 valence electrons. The Kier molecular flexibility index (Phi) is 15.2. The molecule has 0 aromatic carbocycles. The number of aliphatic hydroxyl groups excluding tert-OH is 4. The average Bonchev–Trinajstić information content (AvgIpc) is 2.06. The summed E-state index contributed by atoms with van der Waals surface area (Å²) in [5.74, 6) is 0. The van der Waals surface area contributed by atoms with Gasteiger partial charge in [-0.15, -0.1) is 0 Å². The van der Waals surface area contributed by atoms with E-state index in [1.54, 1.807) is 0 Å². The van der Waals surface area contributed by atoms with Crippen molar-refractivity contribution in [1.82, 2.24) is 0 Å². The van der Waals surface area contributed by atoms with Crippen LogP contribution in [0.15, 0.2) is 0 Å². The van der Waals surface area contributed by atoms with Crippen molar-refractivity contribution >= 4 is 0 Å². The Morgan fingerprint density at radius 2 is 1.64 bits per heavy atom. The third kappa shape index (κ3) is 17.7. The Hall–Kier alpha value is -0.200. The zero-order valence-electron chi connectivity index (χ0n) is 6.60. The molecule has 0 aromatic rings. The van der Waals surface area contributed by atoms with Crippen molar-refractivity contribution in [3.05, 3.63) is 0 Å². The standard InChI is InChI=1S/C3H8O3.C3H8O2/c1-6-3(5)2-4;4-2-1-3-5/h3-5H,2H2,1H3;4-5H,1-3H2. The molecule has 0 saturated heterocycles. The van der Waals surface area contributed by atoms with Gasteiger partial charge in [0, 0.05) is 20.3 Å². The van der Waals surface area contributed by atoms with Crippen LogP contribution in [0.4, 0.5) is 0 Å². The topological polar surface area (TPSA) is 90.2 Å². The van der Waals surface area contributed by atoms with Gasteiger partial charge in [0.05, 0.1) is 6.61 Å². The van der Waals surface area contributed by atoms with Crippen molar-refractivity contribution in [1.29, 1.82) is 0 Å². The molecule has 0 aliphatic rings. The highest BCUT2D eigenvalue weighted by Gasteiger charge is 1.92. The summed E-state index contributed by atoms with van der Waals surface area (Å²) in [4.78, 5) is 0. The lowest BCUT2D eigenvalue weighted by atomic mass is 10.5. The van der Waals surface area contributed by atoms with Crippen LogP contribution < -0.4 is 0 Å². The largest absolute Gasteiger partial charge is 0.396 e. The lowest BCUT2D eigenvalue weighted by Crippen LogP contribution is -2.12. The summed E-state index contributed by atoms with van der Waals surface area (Å²) in [5.41, 5.74) is 0. The van der Waals surface area contributed by atoms with Crippen molar-refractivity contribution < 1.29 is 25.2 Å². The van der Waals surface area contributed by atoms with E-state index < -0.39 is 6.29 Å². The van der Waals surface area contributed by atoms with E-state index in [9.17, 15) is 0 Å². The predicted molar refractivity (Wildman–Crippen MR) is 38.9 cm³/mol. The minimum absolute atomic E-state index is 0.0938. The van der Waals surface area contributed by atoms with Crippen LogP contribution in [0.2, 0.25) is 0 Å². The van der Waals surface area contributed by atoms with E-state index in [4.69, 9.17) is 20.4 Å². The average molecular weight is 168 g/mol. The third-order valence-electron chi connectivity index (χ3n) is 0.744. The zero-order valence-corrected chi connectivity index (χ0v) is 6.60. The fraction of sp³-hybridized carbons (Fsp3) is 1.00. The molecule has 4 N–H and O–H groups in total. The summed E-state index contributed by atoms with van der Waals surface area (Å²) >= 11 is 0. The number of hydrogen-bond acceptors (Lipinski definition) is 5. The minimum Gasteiger partial charge on any atom is -0.396 e. The van der Waals surface area contributed by atoms with Gasteiger partial charge in [0.15, 0.2) is 6.29 Å². The zero-order chi connectivity index (χ0) is 9.11. The van der Waals surface area contributed by atoms with Gasteiger partial charge in [-0.3, -0.25) is 0 Å². The van der Waals surface area contributed by atoms with Gasteiger partial charge in [0.2, 0.25) is 0 Å². The van der Waals surface area contributed by atoms with E-state index in [0.717, 1.165) is 0 Å². The molecule has 0 rings (SSSR count). The van der Waals surface area contributed by atoms with E-state index in [-0.39, 0.29) is 19.8 Å². The monoisotopic (exact) mass is 168 g/mol. The predicted octanol–water partition coefficient (Wildman–Crippen LogP) is -1.70. The molecule has 5 nitrogen and oxygen atoms in total. The maximum atomic E-state index is 8.19.